The van der Waals surface area contributed by atoms with Crippen LogP contribution in [0.3, 0.4) is 0 Å². The predicted molar refractivity (Wildman–Crippen MR) is 76.9 cm³/mol. The molecule has 0 unspecified atom stereocenters. The highest BCUT2D eigenvalue weighted by atomic mass is 16.5. The van der Waals surface area contributed by atoms with Crippen LogP contribution in [0.4, 0.5) is 0 Å². The van der Waals surface area contributed by atoms with Crippen LogP contribution in [0, 0.1) is 0 Å². The molecule has 0 rings (SSSR count). The Hall–Kier alpha value is -0.690. The largest absolute Gasteiger partial charge is 0.468 e. The second kappa shape index (κ2) is 14.7. The van der Waals surface area contributed by atoms with E-state index in [1.807, 2.05) is 11.9 Å². The fourth-order valence-electron chi connectivity index (χ4n) is 1.37. The van der Waals surface area contributed by atoms with Gasteiger partial charge in [0.25, 0.3) is 0 Å². The van der Waals surface area contributed by atoms with Crippen LogP contribution in [-0.2, 0) is 23.7 Å². The Labute approximate surface area is 122 Å². The minimum absolute atomic E-state index is 0.237. The normalized spacial score (nSPS) is 11.0. The Bertz CT molecular complexity index is 226. The van der Waals surface area contributed by atoms with E-state index in [4.69, 9.17) is 14.2 Å². The van der Waals surface area contributed by atoms with Crippen LogP contribution in [0.15, 0.2) is 0 Å². The van der Waals surface area contributed by atoms with Crippen molar-refractivity contribution in [2.24, 2.45) is 0 Å². The van der Waals surface area contributed by atoms with E-state index < -0.39 is 0 Å². The smallest absolute Gasteiger partial charge is 0.319 e. The van der Waals surface area contributed by atoms with E-state index in [9.17, 15) is 4.79 Å². The van der Waals surface area contributed by atoms with E-state index in [-0.39, 0.29) is 12.5 Å². The first-order valence-electron chi connectivity index (χ1n) is 7.19. The summed E-state index contributed by atoms with van der Waals surface area (Å²) in [4.78, 5) is 12.8. The van der Waals surface area contributed by atoms with Crippen molar-refractivity contribution in [3.8, 4) is 0 Å². The predicted octanol–water partition coefficient (Wildman–Crippen LogP) is 0.941. The molecule has 0 saturated carbocycles. The molecule has 0 radical (unpaired) electrons. The maximum Gasteiger partial charge on any atom is 0.319 e. The molecule has 20 heavy (non-hydrogen) atoms. The van der Waals surface area contributed by atoms with Gasteiger partial charge in [-0.25, -0.2) is 0 Å². The molecule has 6 heteroatoms. The number of nitrogens with zero attached hydrogens (tertiary/aromatic N) is 1. The Balaban J connectivity index is 3.14. The molecular weight excluding hydrogens is 262 g/mol. The second-order valence-corrected chi connectivity index (χ2v) is 4.50. The van der Waals surface area contributed by atoms with Gasteiger partial charge in [-0.15, -0.1) is 0 Å². The van der Waals surface area contributed by atoms with Crippen molar-refractivity contribution in [3.63, 3.8) is 0 Å². The standard InChI is InChI=1S/C14H29NO5/c1-4-5-7-18-9-11-20-12-10-19-8-6-15(2)13-14(16)17-3/h4-13H2,1-3H3. The van der Waals surface area contributed by atoms with Gasteiger partial charge in [0.15, 0.2) is 0 Å². The van der Waals surface area contributed by atoms with E-state index in [2.05, 4.69) is 11.7 Å². The van der Waals surface area contributed by atoms with Crippen LogP contribution in [0.5, 0.6) is 0 Å². The number of carbonyl (C=O) groups excluding carboxylic acids is 1. The Kier molecular flexibility index (Phi) is 14.2. The van der Waals surface area contributed by atoms with Gasteiger partial charge in [-0.05, 0) is 13.5 Å². The number of methoxy groups -OCH3 is 1. The SMILES string of the molecule is CCCCOCCOCCOCCN(C)CC(=O)OC. The van der Waals surface area contributed by atoms with Gasteiger partial charge in [-0.3, -0.25) is 9.69 Å². The quantitative estimate of drug-likeness (QED) is 0.351. The van der Waals surface area contributed by atoms with Crippen LogP contribution in [0.1, 0.15) is 19.8 Å². The molecule has 0 aliphatic heterocycles. The summed E-state index contributed by atoms with van der Waals surface area (Å²) in [6.07, 6.45) is 2.25. The number of ether oxygens (including phenoxy) is 4. The maximum absolute atomic E-state index is 11.0. The average molecular weight is 291 g/mol. The van der Waals surface area contributed by atoms with E-state index in [0.29, 0.717) is 39.6 Å². The Morgan fingerprint density at radius 3 is 2.05 bits per heavy atom. The van der Waals surface area contributed by atoms with Crippen LogP contribution >= 0.6 is 0 Å². The van der Waals surface area contributed by atoms with E-state index in [1.165, 1.54) is 7.11 Å². The van der Waals surface area contributed by atoms with Gasteiger partial charge >= 0.3 is 5.97 Å². The number of esters is 1. The molecule has 0 spiro atoms. The van der Waals surface area contributed by atoms with Crippen LogP contribution in [0.25, 0.3) is 0 Å². The molecule has 0 atom stereocenters. The first kappa shape index (κ1) is 19.3. The van der Waals surface area contributed by atoms with Gasteiger partial charge in [0, 0.05) is 13.2 Å². The molecule has 0 saturated heterocycles. The lowest BCUT2D eigenvalue weighted by Gasteiger charge is -2.14. The first-order chi connectivity index (χ1) is 9.70. The summed E-state index contributed by atoms with van der Waals surface area (Å²) in [6, 6.07) is 0. The zero-order valence-corrected chi connectivity index (χ0v) is 13.1. The lowest BCUT2D eigenvalue weighted by atomic mass is 10.4. The third kappa shape index (κ3) is 13.7. The maximum atomic E-state index is 11.0. The molecule has 0 amide bonds. The van der Waals surface area contributed by atoms with Crippen molar-refractivity contribution in [3.05, 3.63) is 0 Å². The topological polar surface area (TPSA) is 57.2 Å². The van der Waals surface area contributed by atoms with Crippen molar-refractivity contribution in [2.75, 3.05) is 66.9 Å². The minimum atomic E-state index is -0.237. The molecule has 0 N–H and O–H groups in total. The first-order valence-corrected chi connectivity index (χ1v) is 7.19. The second-order valence-electron chi connectivity index (χ2n) is 4.50. The highest BCUT2D eigenvalue weighted by Crippen LogP contribution is 1.89. The van der Waals surface area contributed by atoms with Crippen LogP contribution < -0.4 is 0 Å². The van der Waals surface area contributed by atoms with Gasteiger partial charge in [-0.2, -0.15) is 0 Å². The van der Waals surface area contributed by atoms with Crippen LogP contribution in [0.2, 0.25) is 0 Å². The Morgan fingerprint density at radius 2 is 1.50 bits per heavy atom. The highest BCUT2D eigenvalue weighted by Gasteiger charge is 2.05. The zero-order valence-electron chi connectivity index (χ0n) is 13.1. The van der Waals surface area contributed by atoms with Gasteiger partial charge in [-0.1, -0.05) is 13.3 Å². The third-order valence-corrected chi connectivity index (χ3v) is 2.63. The lowest BCUT2D eigenvalue weighted by molar-refractivity contribution is -0.141. The number of hydrogen-bond acceptors (Lipinski definition) is 6. The number of unbranched alkanes of at least 4 members (excludes halogenated alkanes) is 1. The summed E-state index contributed by atoms with van der Waals surface area (Å²) in [6.45, 7) is 6.86. The van der Waals surface area contributed by atoms with Crippen molar-refractivity contribution in [2.45, 2.75) is 19.8 Å². The number of likely N-dealkylation sites (N-methyl/N-ethyl adjacent to an activating group) is 1. The number of rotatable bonds is 14. The molecule has 0 heterocycles. The highest BCUT2D eigenvalue weighted by molar-refractivity contribution is 5.71. The summed E-state index contributed by atoms with van der Waals surface area (Å²) in [5, 5.41) is 0. The minimum Gasteiger partial charge on any atom is -0.468 e. The van der Waals surface area contributed by atoms with Crippen molar-refractivity contribution < 1.29 is 23.7 Å². The van der Waals surface area contributed by atoms with Gasteiger partial charge in [0.05, 0.1) is 46.7 Å². The van der Waals surface area contributed by atoms with E-state index >= 15 is 0 Å². The molecule has 0 aromatic heterocycles. The van der Waals surface area contributed by atoms with Gasteiger partial charge in [0.1, 0.15) is 0 Å². The number of hydrogen-bond donors (Lipinski definition) is 0. The summed E-state index contributed by atoms with van der Waals surface area (Å²) >= 11 is 0. The zero-order chi connectivity index (χ0) is 15.1. The van der Waals surface area contributed by atoms with Crippen LogP contribution in [-0.4, -0.2) is 77.8 Å². The number of carbonyl (C=O) groups is 1. The molecule has 0 aliphatic rings. The molecule has 0 aliphatic carbocycles. The van der Waals surface area contributed by atoms with Crippen molar-refractivity contribution in [1.29, 1.82) is 0 Å². The fraction of sp³-hybridized carbons (Fsp3) is 0.929. The Morgan fingerprint density at radius 1 is 0.950 bits per heavy atom. The summed E-state index contributed by atoms with van der Waals surface area (Å²) in [5.41, 5.74) is 0. The molecule has 0 bridgehead atoms. The third-order valence-electron chi connectivity index (χ3n) is 2.63. The van der Waals surface area contributed by atoms with Crippen molar-refractivity contribution in [1.82, 2.24) is 4.90 Å². The van der Waals surface area contributed by atoms with E-state index in [1.54, 1.807) is 0 Å². The van der Waals surface area contributed by atoms with Gasteiger partial charge < -0.3 is 18.9 Å². The van der Waals surface area contributed by atoms with Crippen molar-refractivity contribution >= 4 is 5.97 Å². The molecule has 0 fully saturated rings. The fourth-order valence-corrected chi connectivity index (χ4v) is 1.37. The molecular formula is C14H29NO5. The summed E-state index contributed by atoms with van der Waals surface area (Å²) in [7, 11) is 3.24. The molecule has 0 aromatic carbocycles. The molecule has 120 valence electrons. The monoisotopic (exact) mass is 291 g/mol. The average Bonchev–Trinajstić information content (AvgIpc) is 2.44. The summed E-state index contributed by atoms with van der Waals surface area (Å²) < 4.78 is 20.7. The lowest BCUT2D eigenvalue weighted by Crippen LogP contribution is -2.30. The van der Waals surface area contributed by atoms with E-state index in [0.717, 1.165) is 19.4 Å². The molecule has 6 nitrogen and oxygen atoms in total. The van der Waals surface area contributed by atoms with Gasteiger partial charge in [0.2, 0.25) is 0 Å². The summed E-state index contributed by atoms with van der Waals surface area (Å²) in [5.74, 6) is -0.237. The molecule has 0 aromatic rings.